The predicted molar refractivity (Wildman–Crippen MR) is 97.3 cm³/mol. The van der Waals surface area contributed by atoms with Gasteiger partial charge in [-0.25, -0.2) is 0 Å². The highest BCUT2D eigenvalue weighted by molar-refractivity contribution is 6.35. The monoisotopic (exact) mass is 367 g/mol. The summed E-state index contributed by atoms with van der Waals surface area (Å²) in [6.07, 6.45) is 0.960. The Morgan fingerprint density at radius 1 is 1.36 bits per heavy atom. The fraction of sp³-hybridized carbons (Fsp3) is 0.533. The van der Waals surface area contributed by atoms with Gasteiger partial charge in [0.2, 0.25) is 5.91 Å². The quantitative estimate of drug-likeness (QED) is 0.769. The van der Waals surface area contributed by atoms with Gasteiger partial charge in [-0.3, -0.25) is 9.69 Å². The highest BCUT2D eigenvalue weighted by atomic mass is 35.5. The van der Waals surface area contributed by atoms with Gasteiger partial charge in [0.25, 0.3) is 0 Å². The summed E-state index contributed by atoms with van der Waals surface area (Å²) in [5.74, 6) is -0.128. The number of hydrogen-bond donors (Lipinski definition) is 2. The first kappa shape index (κ1) is 21.5. The molecule has 0 heterocycles. The van der Waals surface area contributed by atoms with Crippen molar-refractivity contribution < 1.29 is 4.79 Å². The molecule has 0 aliphatic carbocycles. The maximum absolute atomic E-state index is 12.2. The second-order valence-corrected chi connectivity index (χ2v) is 6.72. The van der Waals surface area contributed by atoms with E-state index in [1.165, 1.54) is 0 Å². The summed E-state index contributed by atoms with van der Waals surface area (Å²) in [7, 11) is 0. The first-order chi connectivity index (χ1) is 9.71. The zero-order valence-electron chi connectivity index (χ0n) is 13.2. The molecular weight excluding hydrogens is 345 g/mol. The number of benzene rings is 1. The maximum atomic E-state index is 12.2. The van der Waals surface area contributed by atoms with E-state index in [0.29, 0.717) is 22.3 Å². The van der Waals surface area contributed by atoms with Crippen LogP contribution in [0.1, 0.15) is 27.2 Å². The number of carbonyl (C=O) groups excluding carboxylic acids is 1. The second kappa shape index (κ2) is 9.58. The van der Waals surface area contributed by atoms with Crippen LogP contribution in [-0.4, -0.2) is 36.0 Å². The number of halogens is 3. The van der Waals surface area contributed by atoms with Gasteiger partial charge in [-0.05, 0) is 45.0 Å². The Labute approximate surface area is 148 Å². The molecule has 0 unspecified atom stereocenters. The van der Waals surface area contributed by atoms with Gasteiger partial charge in [0.05, 0.1) is 17.3 Å². The highest BCUT2D eigenvalue weighted by Gasteiger charge is 2.19. The summed E-state index contributed by atoms with van der Waals surface area (Å²) in [5, 5.41) is 3.79. The lowest BCUT2D eigenvalue weighted by Crippen LogP contribution is -2.47. The Balaban J connectivity index is 0.00000441. The largest absolute Gasteiger partial charge is 0.324 e. The van der Waals surface area contributed by atoms with Crippen LogP contribution >= 0.6 is 35.6 Å². The molecule has 0 aliphatic rings. The molecule has 0 radical (unpaired) electrons. The molecule has 0 saturated carbocycles. The van der Waals surface area contributed by atoms with Gasteiger partial charge < -0.3 is 11.1 Å². The van der Waals surface area contributed by atoms with Crippen molar-refractivity contribution in [2.45, 2.75) is 32.7 Å². The SMILES string of the molecule is CCCN(CC(=O)Nc1cc(Cl)ccc1Cl)CC(C)(C)N.Cl. The number of carbonyl (C=O) groups is 1. The number of rotatable bonds is 7. The molecule has 0 spiro atoms. The molecule has 0 atom stereocenters. The van der Waals surface area contributed by atoms with Gasteiger partial charge in [-0.2, -0.15) is 0 Å². The van der Waals surface area contributed by atoms with Crippen LogP contribution in [0, 0.1) is 0 Å². The molecule has 1 aromatic carbocycles. The van der Waals surface area contributed by atoms with Crippen LogP contribution in [0.3, 0.4) is 0 Å². The number of nitrogens with two attached hydrogens (primary N) is 1. The minimum absolute atomic E-state index is 0. The molecule has 0 aliphatic heterocycles. The lowest BCUT2D eigenvalue weighted by molar-refractivity contribution is -0.117. The van der Waals surface area contributed by atoms with Crippen LogP contribution in [0.4, 0.5) is 5.69 Å². The van der Waals surface area contributed by atoms with Crippen LogP contribution in [0.5, 0.6) is 0 Å². The molecule has 4 nitrogen and oxygen atoms in total. The zero-order valence-corrected chi connectivity index (χ0v) is 15.5. The van der Waals surface area contributed by atoms with Crippen molar-refractivity contribution in [3.8, 4) is 0 Å². The topological polar surface area (TPSA) is 58.4 Å². The fourth-order valence-corrected chi connectivity index (χ4v) is 2.43. The van der Waals surface area contributed by atoms with Crippen molar-refractivity contribution in [2.75, 3.05) is 25.0 Å². The van der Waals surface area contributed by atoms with Crippen LogP contribution in [-0.2, 0) is 4.79 Å². The van der Waals surface area contributed by atoms with Crippen LogP contribution < -0.4 is 11.1 Å². The van der Waals surface area contributed by atoms with Gasteiger partial charge in [0, 0.05) is 17.1 Å². The van der Waals surface area contributed by atoms with Crippen molar-refractivity contribution in [1.29, 1.82) is 0 Å². The van der Waals surface area contributed by atoms with Crippen molar-refractivity contribution in [1.82, 2.24) is 4.90 Å². The molecule has 1 rings (SSSR count). The lowest BCUT2D eigenvalue weighted by Gasteiger charge is -2.29. The van der Waals surface area contributed by atoms with E-state index in [2.05, 4.69) is 12.2 Å². The molecule has 0 saturated heterocycles. The molecule has 7 heteroatoms. The summed E-state index contributed by atoms with van der Waals surface area (Å²) < 4.78 is 0. The van der Waals surface area contributed by atoms with E-state index in [1.807, 2.05) is 18.7 Å². The average Bonchev–Trinajstić information content (AvgIpc) is 2.32. The first-order valence-electron chi connectivity index (χ1n) is 6.97. The summed E-state index contributed by atoms with van der Waals surface area (Å²) in [6, 6.07) is 4.98. The summed E-state index contributed by atoms with van der Waals surface area (Å²) in [5.41, 5.74) is 6.21. The molecule has 0 bridgehead atoms. The third kappa shape index (κ3) is 8.20. The third-order valence-electron chi connectivity index (χ3n) is 2.74. The maximum Gasteiger partial charge on any atom is 0.238 e. The van der Waals surface area contributed by atoms with E-state index < -0.39 is 0 Å². The molecule has 1 aromatic rings. The number of nitrogens with zero attached hydrogens (tertiary/aromatic N) is 1. The Bertz CT molecular complexity index is 489. The average molecular weight is 369 g/mol. The number of anilines is 1. The van der Waals surface area contributed by atoms with E-state index in [9.17, 15) is 4.79 Å². The molecule has 22 heavy (non-hydrogen) atoms. The standard InChI is InChI=1S/C15H23Cl2N3O.ClH/c1-4-7-20(10-15(2,3)18)9-14(21)19-13-8-11(16)5-6-12(13)17;/h5-6,8H,4,7,9-10,18H2,1-3H3,(H,19,21);1H. The predicted octanol–water partition coefficient (Wildman–Crippen LogP) is 3.80. The highest BCUT2D eigenvalue weighted by Crippen LogP contribution is 2.25. The fourth-order valence-electron chi connectivity index (χ4n) is 2.09. The molecule has 126 valence electrons. The summed E-state index contributed by atoms with van der Waals surface area (Å²) in [6.45, 7) is 7.71. The van der Waals surface area contributed by atoms with Gasteiger partial charge >= 0.3 is 0 Å². The zero-order chi connectivity index (χ0) is 16.0. The van der Waals surface area contributed by atoms with Crippen molar-refractivity contribution in [2.24, 2.45) is 5.73 Å². The summed E-state index contributed by atoms with van der Waals surface area (Å²) >= 11 is 11.9. The van der Waals surface area contributed by atoms with Crippen molar-refractivity contribution in [3.63, 3.8) is 0 Å². The van der Waals surface area contributed by atoms with Gasteiger partial charge in [0.15, 0.2) is 0 Å². The molecular formula is C15H24Cl3N3O. The molecule has 3 N–H and O–H groups in total. The Hall–Kier alpha value is -0.520. The van der Waals surface area contributed by atoms with E-state index in [1.54, 1.807) is 18.2 Å². The van der Waals surface area contributed by atoms with Crippen LogP contribution in [0.25, 0.3) is 0 Å². The van der Waals surface area contributed by atoms with Crippen LogP contribution in [0.15, 0.2) is 18.2 Å². The Morgan fingerprint density at radius 2 is 2.00 bits per heavy atom. The lowest BCUT2D eigenvalue weighted by atomic mass is 10.1. The number of amides is 1. The minimum Gasteiger partial charge on any atom is -0.324 e. The van der Waals surface area contributed by atoms with Gasteiger partial charge in [-0.15, -0.1) is 12.4 Å². The van der Waals surface area contributed by atoms with Gasteiger partial charge in [-0.1, -0.05) is 30.1 Å². The summed E-state index contributed by atoms with van der Waals surface area (Å²) in [4.78, 5) is 14.2. The van der Waals surface area contributed by atoms with Crippen LogP contribution in [0.2, 0.25) is 10.0 Å². The Morgan fingerprint density at radius 3 is 2.55 bits per heavy atom. The molecule has 1 amide bonds. The van der Waals surface area contributed by atoms with Crippen molar-refractivity contribution >= 4 is 47.2 Å². The van der Waals surface area contributed by atoms with E-state index >= 15 is 0 Å². The van der Waals surface area contributed by atoms with Crippen molar-refractivity contribution in [3.05, 3.63) is 28.2 Å². The minimum atomic E-state index is -0.344. The van der Waals surface area contributed by atoms with Gasteiger partial charge in [0.1, 0.15) is 0 Å². The third-order valence-corrected chi connectivity index (χ3v) is 3.31. The molecule has 0 fully saturated rings. The first-order valence-corrected chi connectivity index (χ1v) is 7.73. The van der Waals surface area contributed by atoms with E-state index in [0.717, 1.165) is 13.0 Å². The van der Waals surface area contributed by atoms with E-state index in [-0.39, 0.29) is 30.4 Å². The smallest absolute Gasteiger partial charge is 0.238 e. The number of nitrogens with one attached hydrogen (secondary N) is 1. The number of hydrogen-bond acceptors (Lipinski definition) is 3. The van der Waals surface area contributed by atoms with E-state index in [4.69, 9.17) is 28.9 Å². The second-order valence-electron chi connectivity index (χ2n) is 5.87. The Kier molecular flexibility index (Phi) is 9.35. The molecule has 0 aromatic heterocycles. The normalized spacial score (nSPS) is 11.2.